The number of hydrogen-bond acceptors (Lipinski definition) is 5. The van der Waals surface area contributed by atoms with E-state index in [-0.39, 0.29) is 11.6 Å². The van der Waals surface area contributed by atoms with Crippen molar-refractivity contribution in [2.75, 3.05) is 5.32 Å². The van der Waals surface area contributed by atoms with Crippen molar-refractivity contribution in [1.29, 1.82) is 0 Å². The second-order valence-electron chi connectivity index (χ2n) is 7.95. The Kier molecular flexibility index (Phi) is 4.67. The van der Waals surface area contributed by atoms with E-state index >= 15 is 0 Å². The summed E-state index contributed by atoms with van der Waals surface area (Å²) in [6.07, 6.45) is 3.57. The van der Waals surface area contributed by atoms with Crippen LogP contribution in [0.5, 0.6) is 0 Å². The van der Waals surface area contributed by atoms with Crippen molar-refractivity contribution in [3.63, 3.8) is 0 Å². The Labute approximate surface area is 188 Å². The molecule has 0 radical (unpaired) electrons. The molecule has 164 valence electrons. The van der Waals surface area contributed by atoms with Crippen LogP contribution in [0.25, 0.3) is 33.1 Å². The van der Waals surface area contributed by atoms with Gasteiger partial charge in [0.1, 0.15) is 0 Å². The van der Waals surface area contributed by atoms with E-state index in [1.165, 1.54) is 0 Å². The summed E-state index contributed by atoms with van der Waals surface area (Å²) in [4.78, 5) is 29.5. The molecule has 0 unspecified atom stereocenters. The Morgan fingerprint density at radius 2 is 1.88 bits per heavy atom. The van der Waals surface area contributed by atoms with Gasteiger partial charge in [0.15, 0.2) is 5.69 Å². The van der Waals surface area contributed by atoms with Gasteiger partial charge in [0.2, 0.25) is 0 Å². The van der Waals surface area contributed by atoms with Crippen LogP contribution in [-0.2, 0) is 7.05 Å². The fourth-order valence-electron chi connectivity index (χ4n) is 3.88. The number of nitrogens with zero attached hydrogens (tertiary/aromatic N) is 4. The van der Waals surface area contributed by atoms with Gasteiger partial charge in [0.05, 0.1) is 28.5 Å². The van der Waals surface area contributed by atoms with Crippen LogP contribution < -0.4 is 5.32 Å². The summed E-state index contributed by atoms with van der Waals surface area (Å²) < 4.78 is 1.69. The first kappa shape index (κ1) is 20.4. The van der Waals surface area contributed by atoms with Crippen LogP contribution in [-0.4, -0.2) is 41.9 Å². The first-order valence-electron chi connectivity index (χ1n) is 10.2. The Morgan fingerprint density at radius 1 is 1.09 bits per heavy atom. The second-order valence-corrected chi connectivity index (χ2v) is 7.95. The summed E-state index contributed by atoms with van der Waals surface area (Å²) >= 11 is 0. The molecule has 0 bridgehead atoms. The minimum Gasteiger partial charge on any atom is -0.476 e. The summed E-state index contributed by atoms with van der Waals surface area (Å²) in [5, 5.41) is 24.1. The monoisotopic (exact) mass is 440 g/mol. The maximum Gasteiger partial charge on any atom is 0.357 e. The number of nitrogens with one attached hydrogen (secondary N) is 2. The first-order chi connectivity index (χ1) is 15.8. The molecule has 0 aliphatic heterocycles. The van der Waals surface area contributed by atoms with Gasteiger partial charge < -0.3 is 10.4 Å². The molecule has 0 atom stereocenters. The highest BCUT2D eigenvalue weighted by atomic mass is 16.4. The molecule has 3 aromatic heterocycles. The van der Waals surface area contributed by atoms with Crippen molar-refractivity contribution in [2.45, 2.75) is 13.8 Å². The lowest BCUT2D eigenvalue weighted by Gasteiger charge is -2.13. The number of hydrogen-bond donors (Lipinski definition) is 3. The van der Waals surface area contributed by atoms with E-state index in [9.17, 15) is 14.7 Å². The van der Waals surface area contributed by atoms with Gasteiger partial charge in [0, 0.05) is 35.3 Å². The molecule has 5 rings (SSSR count). The van der Waals surface area contributed by atoms with E-state index in [2.05, 4.69) is 20.6 Å². The number of pyridine rings is 1. The first-order valence-corrected chi connectivity index (χ1v) is 10.2. The lowest BCUT2D eigenvalue weighted by atomic mass is 9.99. The Balaban J connectivity index is 1.59. The minimum atomic E-state index is -1.12. The zero-order valence-electron chi connectivity index (χ0n) is 18.2. The van der Waals surface area contributed by atoms with Crippen molar-refractivity contribution in [2.24, 2.45) is 7.05 Å². The van der Waals surface area contributed by atoms with Gasteiger partial charge in [-0.15, -0.1) is 0 Å². The fourth-order valence-corrected chi connectivity index (χ4v) is 3.88. The molecule has 1 amide bonds. The maximum atomic E-state index is 13.4. The number of carbonyl (C=O) groups is 2. The Hall–Kier alpha value is -4.53. The number of aromatic nitrogens is 5. The molecule has 2 aromatic carbocycles. The molecule has 5 aromatic rings. The number of fused-ring (bicyclic) bond motifs is 2. The number of amides is 1. The third kappa shape index (κ3) is 3.49. The highest BCUT2D eigenvalue weighted by molar-refractivity contribution is 6.14. The van der Waals surface area contributed by atoms with Crippen LogP contribution in [0.15, 0.2) is 48.8 Å². The summed E-state index contributed by atoms with van der Waals surface area (Å²) in [5.41, 5.74) is 5.79. The normalized spacial score (nSPS) is 11.2. The number of carboxylic acids is 1. The number of aromatic carboxylic acids is 1. The molecule has 9 nitrogen and oxygen atoms in total. The molecule has 0 spiro atoms. The number of H-pyrrole nitrogens is 1. The van der Waals surface area contributed by atoms with Crippen molar-refractivity contribution in [1.82, 2.24) is 25.0 Å². The molecule has 0 saturated heterocycles. The van der Waals surface area contributed by atoms with Crippen molar-refractivity contribution < 1.29 is 14.7 Å². The average Bonchev–Trinajstić information content (AvgIpc) is 3.41. The number of carboxylic acid groups (broad SMARTS) is 1. The summed E-state index contributed by atoms with van der Waals surface area (Å²) in [5.74, 6) is -1.41. The van der Waals surface area contributed by atoms with E-state index < -0.39 is 5.97 Å². The molecule has 0 saturated carbocycles. The number of aryl methyl sites for hydroxylation is 3. The standard InChI is InChI=1S/C24H20N6O3/c1-12-4-6-16-18(9-19(27-21(16)13(12)2)14-10-25-30(3)11-14)23(31)26-15-5-7-17-20(8-15)28-29-22(17)24(32)33/h4-11H,1-3H3,(H,26,31)(H,28,29)(H,32,33). The second kappa shape index (κ2) is 7.56. The highest BCUT2D eigenvalue weighted by Gasteiger charge is 2.18. The SMILES string of the molecule is Cc1ccc2c(C(=O)Nc3ccc4c(C(=O)O)n[nH]c4c3)cc(-c3cnn(C)c3)nc2c1C. The van der Waals surface area contributed by atoms with Crippen molar-refractivity contribution >= 4 is 39.4 Å². The van der Waals surface area contributed by atoms with Gasteiger partial charge in [-0.05, 0) is 49.2 Å². The zero-order valence-corrected chi connectivity index (χ0v) is 18.2. The number of carbonyl (C=O) groups excluding carboxylic acids is 1. The highest BCUT2D eigenvalue weighted by Crippen LogP contribution is 2.29. The largest absolute Gasteiger partial charge is 0.476 e. The van der Waals surface area contributed by atoms with Gasteiger partial charge in [-0.1, -0.05) is 12.1 Å². The van der Waals surface area contributed by atoms with Gasteiger partial charge in [0.25, 0.3) is 5.91 Å². The van der Waals surface area contributed by atoms with E-state index in [1.807, 2.05) is 39.2 Å². The lowest BCUT2D eigenvalue weighted by molar-refractivity contribution is 0.0692. The van der Waals surface area contributed by atoms with Gasteiger partial charge in [-0.25, -0.2) is 9.78 Å². The van der Waals surface area contributed by atoms with Crippen LogP contribution in [0.1, 0.15) is 32.0 Å². The van der Waals surface area contributed by atoms with Gasteiger partial charge in [-0.3, -0.25) is 14.6 Å². The fraction of sp³-hybridized carbons (Fsp3) is 0.125. The van der Waals surface area contributed by atoms with E-state index in [1.54, 1.807) is 35.1 Å². The third-order valence-corrected chi connectivity index (χ3v) is 5.77. The lowest BCUT2D eigenvalue weighted by Crippen LogP contribution is -2.13. The molecule has 0 aliphatic carbocycles. The maximum absolute atomic E-state index is 13.4. The van der Waals surface area contributed by atoms with Crippen molar-refractivity contribution in [3.05, 3.63) is 71.2 Å². The summed E-state index contributed by atoms with van der Waals surface area (Å²) in [6, 6.07) is 10.6. The van der Waals surface area contributed by atoms with Crippen LogP contribution in [0.2, 0.25) is 0 Å². The van der Waals surface area contributed by atoms with Crippen LogP contribution in [0.4, 0.5) is 5.69 Å². The van der Waals surface area contributed by atoms with Crippen LogP contribution in [0, 0.1) is 13.8 Å². The number of aromatic amines is 1. The molecule has 3 N–H and O–H groups in total. The van der Waals surface area contributed by atoms with Gasteiger partial charge >= 0.3 is 5.97 Å². The average molecular weight is 440 g/mol. The van der Waals surface area contributed by atoms with Crippen LogP contribution in [0.3, 0.4) is 0 Å². The van der Waals surface area contributed by atoms with Gasteiger partial charge in [-0.2, -0.15) is 10.2 Å². The third-order valence-electron chi connectivity index (χ3n) is 5.77. The Bertz CT molecular complexity index is 1580. The molecule has 0 fully saturated rings. The molecule has 3 heterocycles. The smallest absolute Gasteiger partial charge is 0.357 e. The quantitative estimate of drug-likeness (QED) is 0.387. The molecular formula is C24H20N6O3. The minimum absolute atomic E-state index is 0.0602. The molecule has 33 heavy (non-hydrogen) atoms. The summed E-state index contributed by atoms with van der Waals surface area (Å²) in [6.45, 7) is 4.00. The number of anilines is 1. The predicted molar refractivity (Wildman–Crippen MR) is 124 cm³/mol. The molecular weight excluding hydrogens is 420 g/mol. The number of benzene rings is 2. The summed E-state index contributed by atoms with van der Waals surface area (Å²) in [7, 11) is 1.83. The zero-order chi connectivity index (χ0) is 23.3. The predicted octanol–water partition coefficient (Wildman–Crippen LogP) is 4.08. The topological polar surface area (TPSA) is 126 Å². The Morgan fingerprint density at radius 3 is 2.61 bits per heavy atom. The molecule has 0 aliphatic rings. The number of rotatable bonds is 4. The van der Waals surface area contributed by atoms with Crippen LogP contribution >= 0.6 is 0 Å². The van der Waals surface area contributed by atoms with E-state index in [0.29, 0.717) is 27.8 Å². The molecule has 9 heteroatoms. The van der Waals surface area contributed by atoms with E-state index in [4.69, 9.17) is 4.98 Å². The van der Waals surface area contributed by atoms with E-state index in [0.717, 1.165) is 27.6 Å². The van der Waals surface area contributed by atoms with Crippen molar-refractivity contribution in [3.8, 4) is 11.3 Å².